The van der Waals surface area contributed by atoms with Gasteiger partial charge in [-0.3, -0.25) is 0 Å². The van der Waals surface area contributed by atoms with Gasteiger partial charge in [0.05, 0.1) is 22.6 Å². The van der Waals surface area contributed by atoms with Crippen LogP contribution in [0.4, 0.5) is 0 Å². The van der Waals surface area contributed by atoms with Gasteiger partial charge in [-0.15, -0.1) is 0 Å². The van der Waals surface area contributed by atoms with Crippen LogP contribution in [0.15, 0.2) is 23.1 Å². The highest BCUT2D eigenvalue weighted by atomic mass is 32.2. The fourth-order valence-corrected chi connectivity index (χ4v) is 3.55. The van der Waals surface area contributed by atoms with Crippen molar-refractivity contribution in [1.29, 1.82) is 0 Å². The van der Waals surface area contributed by atoms with Crippen molar-refractivity contribution in [1.82, 2.24) is 4.72 Å². The second-order valence-electron chi connectivity index (χ2n) is 5.03. The number of hydrogen-bond donors (Lipinski definition) is 3. The third-order valence-electron chi connectivity index (χ3n) is 3.76. The van der Waals surface area contributed by atoms with E-state index in [0.717, 1.165) is 6.07 Å². The molecule has 118 valence electrons. The number of nitrogens with one attached hydrogen (secondary N) is 1. The summed E-state index contributed by atoms with van der Waals surface area (Å²) in [6.45, 7) is 4.83. The minimum absolute atomic E-state index is 0.0551. The SMILES string of the molecule is CCC(CC)(CO)NS(=O)(=O)c1ccc(C)c(C(=O)O)c1. The van der Waals surface area contributed by atoms with Crippen LogP contribution in [0.1, 0.15) is 42.6 Å². The van der Waals surface area contributed by atoms with Crippen molar-refractivity contribution in [3.8, 4) is 0 Å². The van der Waals surface area contributed by atoms with Crippen LogP contribution in [-0.2, 0) is 10.0 Å². The van der Waals surface area contributed by atoms with Crippen LogP contribution in [0.2, 0.25) is 0 Å². The molecule has 1 rings (SSSR count). The number of rotatable bonds is 7. The molecule has 0 saturated heterocycles. The second kappa shape index (κ2) is 6.55. The molecule has 7 heteroatoms. The Labute approximate surface area is 124 Å². The van der Waals surface area contributed by atoms with Gasteiger partial charge in [0.15, 0.2) is 0 Å². The number of benzene rings is 1. The van der Waals surface area contributed by atoms with E-state index in [1.807, 2.05) is 0 Å². The normalized spacial score (nSPS) is 12.4. The summed E-state index contributed by atoms with van der Waals surface area (Å²) in [7, 11) is -3.90. The van der Waals surface area contributed by atoms with E-state index in [1.54, 1.807) is 20.8 Å². The molecule has 0 aromatic heterocycles. The van der Waals surface area contributed by atoms with Gasteiger partial charge in [0.1, 0.15) is 0 Å². The minimum Gasteiger partial charge on any atom is -0.478 e. The molecule has 0 spiro atoms. The number of aromatic carboxylic acids is 1. The molecule has 21 heavy (non-hydrogen) atoms. The van der Waals surface area contributed by atoms with Gasteiger partial charge in [0, 0.05) is 0 Å². The van der Waals surface area contributed by atoms with E-state index in [-0.39, 0.29) is 17.1 Å². The molecule has 0 radical (unpaired) electrons. The molecule has 0 aliphatic carbocycles. The zero-order valence-electron chi connectivity index (χ0n) is 12.4. The maximum Gasteiger partial charge on any atom is 0.335 e. The predicted octanol–water partition coefficient (Wildman–Crippen LogP) is 1.52. The summed E-state index contributed by atoms with van der Waals surface area (Å²) in [5.41, 5.74) is -0.506. The molecule has 0 bridgehead atoms. The van der Waals surface area contributed by atoms with Crippen LogP contribution in [-0.4, -0.2) is 36.7 Å². The Hall–Kier alpha value is -1.44. The van der Waals surface area contributed by atoms with E-state index < -0.39 is 21.5 Å². The summed E-state index contributed by atoms with van der Waals surface area (Å²) in [6, 6.07) is 3.95. The Morgan fingerprint density at radius 2 is 1.86 bits per heavy atom. The Bertz CT molecular complexity index is 612. The highest BCUT2D eigenvalue weighted by Gasteiger charge is 2.31. The highest BCUT2D eigenvalue weighted by Crippen LogP contribution is 2.21. The first kappa shape index (κ1) is 17.6. The van der Waals surface area contributed by atoms with Gasteiger partial charge in [0.2, 0.25) is 10.0 Å². The first-order chi connectivity index (χ1) is 9.71. The van der Waals surface area contributed by atoms with E-state index in [2.05, 4.69) is 4.72 Å². The average molecular weight is 315 g/mol. The summed E-state index contributed by atoms with van der Waals surface area (Å²) < 4.78 is 27.3. The van der Waals surface area contributed by atoms with Crippen molar-refractivity contribution in [3.63, 3.8) is 0 Å². The largest absolute Gasteiger partial charge is 0.478 e. The molecule has 6 nitrogen and oxygen atoms in total. The van der Waals surface area contributed by atoms with Crippen LogP contribution < -0.4 is 4.72 Å². The molecule has 0 amide bonds. The van der Waals surface area contributed by atoms with Crippen molar-refractivity contribution in [2.45, 2.75) is 44.0 Å². The van der Waals surface area contributed by atoms with Crippen molar-refractivity contribution in [3.05, 3.63) is 29.3 Å². The zero-order chi connectivity index (χ0) is 16.3. The highest BCUT2D eigenvalue weighted by molar-refractivity contribution is 7.89. The van der Waals surface area contributed by atoms with Gasteiger partial charge in [-0.05, 0) is 37.5 Å². The predicted molar refractivity (Wildman–Crippen MR) is 78.9 cm³/mol. The maximum atomic E-state index is 12.4. The van der Waals surface area contributed by atoms with Gasteiger partial charge in [-0.25, -0.2) is 17.9 Å². The number of sulfonamides is 1. The van der Waals surface area contributed by atoms with E-state index >= 15 is 0 Å². The number of carboxylic acid groups (broad SMARTS) is 1. The molecule has 0 unspecified atom stereocenters. The molecule has 1 aromatic rings. The van der Waals surface area contributed by atoms with Crippen LogP contribution in [0.5, 0.6) is 0 Å². The number of aliphatic hydroxyl groups is 1. The topological polar surface area (TPSA) is 104 Å². The lowest BCUT2D eigenvalue weighted by molar-refractivity contribution is 0.0696. The number of hydrogen-bond acceptors (Lipinski definition) is 4. The summed E-state index contributed by atoms with van der Waals surface area (Å²) in [5, 5.41) is 18.5. The Morgan fingerprint density at radius 3 is 2.29 bits per heavy atom. The summed E-state index contributed by atoms with van der Waals surface area (Å²) in [4.78, 5) is 11.0. The molecule has 0 heterocycles. The van der Waals surface area contributed by atoms with Crippen molar-refractivity contribution < 1.29 is 23.4 Å². The van der Waals surface area contributed by atoms with E-state index in [1.165, 1.54) is 12.1 Å². The molecule has 0 fully saturated rings. The molecular weight excluding hydrogens is 294 g/mol. The fraction of sp³-hybridized carbons (Fsp3) is 0.500. The Balaban J connectivity index is 3.26. The number of carboxylic acids is 1. The molecule has 0 aliphatic heterocycles. The van der Waals surface area contributed by atoms with Gasteiger partial charge >= 0.3 is 5.97 Å². The van der Waals surface area contributed by atoms with Gasteiger partial charge in [0.25, 0.3) is 0 Å². The average Bonchev–Trinajstić information content (AvgIpc) is 2.44. The third kappa shape index (κ3) is 3.81. The van der Waals surface area contributed by atoms with Gasteiger partial charge in [-0.2, -0.15) is 0 Å². The first-order valence-electron chi connectivity index (χ1n) is 6.70. The van der Waals surface area contributed by atoms with E-state index in [4.69, 9.17) is 5.11 Å². The van der Waals surface area contributed by atoms with Crippen molar-refractivity contribution in [2.24, 2.45) is 0 Å². The van der Waals surface area contributed by atoms with Crippen molar-refractivity contribution >= 4 is 16.0 Å². The van der Waals surface area contributed by atoms with E-state index in [0.29, 0.717) is 18.4 Å². The summed E-state index contributed by atoms with van der Waals surface area (Å²) >= 11 is 0. The molecule has 3 N–H and O–H groups in total. The zero-order valence-corrected chi connectivity index (χ0v) is 13.2. The molecule has 0 atom stereocenters. The standard InChI is InChI=1S/C14H21NO5S/c1-4-14(5-2,9-16)15-21(19,20)11-7-6-10(3)12(8-11)13(17)18/h6-8,15-16H,4-5,9H2,1-3H3,(H,17,18). The first-order valence-corrected chi connectivity index (χ1v) is 8.18. The lowest BCUT2D eigenvalue weighted by Gasteiger charge is -2.30. The van der Waals surface area contributed by atoms with Gasteiger partial charge < -0.3 is 10.2 Å². The second-order valence-corrected chi connectivity index (χ2v) is 6.72. The molecular formula is C14H21NO5S. The number of carbonyl (C=O) groups is 1. The Kier molecular flexibility index (Phi) is 5.49. The number of aliphatic hydroxyl groups excluding tert-OH is 1. The molecule has 1 aromatic carbocycles. The lowest BCUT2D eigenvalue weighted by atomic mass is 9.96. The van der Waals surface area contributed by atoms with Crippen LogP contribution >= 0.6 is 0 Å². The maximum absolute atomic E-state index is 12.4. The third-order valence-corrected chi connectivity index (χ3v) is 5.33. The Morgan fingerprint density at radius 1 is 1.29 bits per heavy atom. The van der Waals surface area contributed by atoms with E-state index in [9.17, 15) is 18.3 Å². The quantitative estimate of drug-likeness (QED) is 0.708. The van der Waals surface area contributed by atoms with Crippen LogP contribution in [0.3, 0.4) is 0 Å². The minimum atomic E-state index is -3.90. The van der Waals surface area contributed by atoms with Crippen LogP contribution in [0.25, 0.3) is 0 Å². The smallest absolute Gasteiger partial charge is 0.335 e. The molecule has 0 saturated carbocycles. The van der Waals surface area contributed by atoms with Crippen molar-refractivity contribution in [2.75, 3.05) is 6.61 Å². The lowest BCUT2D eigenvalue weighted by Crippen LogP contribution is -2.50. The van der Waals surface area contributed by atoms with Gasteiger partial charge in [-0.1, -0.05) is 19.9 Å². The number of aryl methyl sites for hydroxylation is 1. The monoisotopic (exact) mass is 315 g/mol. The fourth-order valence-electron chi connectivity index (χ4n) is 1.99. The summed E-state index contributed by atoms with van der Waals surface area (Å²) in [5.74, 6) is -1.18. The van der Waals surface area contributed by atoms with Crippen LogP contribution in [0, 0.1) is 6.92 Å². The summed E-state index contributed by atoms with van der Waals surface area (Å²) in [6.07, 6.45) is 0.855. The molecule has 0 aliphatic rings.